The van der Waals surface area contributed by atoms with E-state index < -0.39 is 10.0 Å². The zero-order valence-corrected chi connectivity index (χ0v) is 8.45. The summed E-state index contributed by atoms with van der Waals surface area (Å²) >= 11 is 0. The van der Waals surface area contributed by atoms with Gasteiger partial charge in [-0.1, -0.05) is 0 Å². The van der Waals surface area contributed by atoms with E-state index in [1.165, 1.54) is 12.4 Å². The SMILES string of the molecule is O=S(=O)(NCc1cn[nH]c1)c1cn[nH]c1. The van der Waals surface area contributed by atoms with Crippen LogP contribution in [0, 0.1) is 0 Å². The van der Waals surface area contributed by atoms with Crippen LogP contribution in [0.2, 0.25) is 0 Å². The van der Waals surface area contributed by atoms with Crippen LogP contribution in [0.1, 0.15) is 5.56 Å². The maximum atomic E-state index is 11.6. The number of aromatic nitrogens is 4. The van der Waals surface area contributed by atoms with Crippen molar-refractivity contribution in [3.8, 4) is 0 Å². The molecular formula is C7H9N5O2S. The second kappa shape index (κ2) is 3.83. The Hall–Kier alpha value is -1.67. The van der Waals surface area contributed by atoms with Crippen molar-refractivity contribution in [3.05, 3.63) is 30.4 Å². The standard InChI is InChI=1S/C7H9N5O2S/c13-15(14,7-4-10-11-5-7)12-3-6-1-8-9-2-6/h1-2,4-5,12H,3H2,(H,8,9)(H,10,11). The van der Waals surface area contributed by atoms with Crippen LogP contribution in [-0.4, -0.2) is 28.8 Å². The highest BCUT2D eigenvalue weighted by atomic mass is 32.2. The minimum atomic E-state index is -3.48. The number of sulfonamides is 1. The molecule has 0 bridgehead atoms. The topological polar surface area (TPSA) is 104 Å². The van der Waals surface area contributed by atoms with E-state index in [-0.39, 0.29) is 11.4 Å². The van der Waals surface area contributed by atoms with Crippen molar-refractivity contribution in [2.24, 2.45) is 0 Å². The molecule has 0 atom stereocenters. The minimum absolute atomic E-state index is 0.117. The molecule has 0 spiro atoms. The summed E-state index contributed by atoms with van der Waals surface area (Å²) in [5.41, 5.74) is 0.766. The molecule has 2 aromatic heterocycles. The number of H-pyrrole nitrogens is 2. The third kappa shape index (κ3) is 2.22. The number of rotatable bonds is 4. The minimum Gasteiger partial charge on any atom is -0.285 e. The largest absolute Gasteiger partial charge is 0.285 e. The van der Waals surface area contributed by atoms with Gasteiger partial charge in [-0.15, -0.1) is 0 Å². The monoisotopic (exact) mass is 227 g/mol. The first-order valence-corrected chi connectivity index (χ1v) is 5.63. The summed E-state index contributed by atoms with van der Waals surface area (Å²) in [6.45, 7) is 0.198. The number of hydrogen-bond acceptors (Lipinski definition) is 4. The van der Waals surface area contributed by atoms with Crippen LogP contribution in [0.3, 0.4) is 0 Å². The molecule has 3 N–H and O–H groups in total. The summed E-state index contributed by atoms with van der Waals surface area (Å²) < 4.78 is 25.6. The number of nitrogens with zero attached hydrogens (tertiary/aromatic N) is 2. The van der Waals surface area contributed by atoms with Crippen LogP contribution < -0.4 is 4.72 Å². The zero-order chi connectivity index (χ0) is 10.7. The summed E-state index contributed by atoms with van der Waals surface area (Å²) in [5.74, 6) is 0. The molecule has 0 aliphatic carbocycles. The van der Waals surface area contributed by atoms with Crippen molar-refractivity contribution in [2.75, 3.05) is 0 Å². The van der Waals surface area contributed by atoms with Crippen molar-refractivity contribution in [3.63, 3.8) is 0 Å². The van der Waals surface area contributed by atoms with Crippen molar-refractivity contribution in [1.82, 2.24) is 25.1 Å². The van der Waals surface area contributed by atoms with Crippen LogP contribution in [0.5, 0.6) is 0 Å². The van der Waals surface area contributed by atoms with Gasteiger partial charge in [-0.05, 0) is 0 Å². The fourth-order valence-electron chi connectivity index (χ4n) is 1.02. The van der Waals surface area contributed by atoms with Crippen LogP contribution in [0.4, 0.5) is 0 Å². The van der Waals surface area contributed by atoms with Gasteiger partial charge in [-0.2, -0.15) is 10.2 Å². The van der Waals surface area contributed by atoms with Gasteiger partial charge in [0.2, 0.25) is 10.0 Å². The van der Waals surface area contributed by atoms with Gasteiger partial charge in [0.25, 0.3) is 0 Å². The average molecular weight is 227 g/mol. The summed E-state index contributed by atoms with van der Waals surface area (Å²) in [7, 11) is -3.48. The smallest absolute Gasteiger partial charge is 0.243 e. The Labute approximate surface area is 86.0 Å². The molecule has 80 valence electrons. The lowest BCUT2D eigenvalue weighted by Gasteiger charge is -2.01. The van der Waals surface area contributed by atoms with Gasteiger partial charge in [-0.25, -0.2) is 13.1 Å². The van der Waals surface area contributed by atoms with Gasteiger partial charge >= 0.3 is 0 Å². The lowest BCUT2D eigenvalue weighted by molar-refractivity contribution is 0.581. The highest BCUT2D eigenvalue weighted by Gasteiger charge is 2.14. The lowest BCUT2D eigenvalue weighted by atomic mass is 10.4. The molecule has 2 heterocycles. The van der Waals surface area contributed by atoms with Crippen molar-refractivity contribution < 1.29 is 8.42 Å². The first-order valence-electron chi connectivity index (χ1n) is 4.14. The molecule has 0 fully saturated rings. The van der Waals surface area contributed by atoms with Crippen LogP contribution >= 0.6 is 0 Å². The highest BCUT2D eigenvalue weighted by molar-refractivity contribution is 7.89. The van der Waals surface area contributed by atoms with Gasteiger partial charge in [0.05, 0.1) is 12.4 Å². The molecular weight excluding hydrogens is 218 g/mol. The number of hydrogen-bond donors (Lipinski definition) is 3. The molecule has 0 saturated carbocycles. The molecule has 8 heteroatoms. The van der Waals surface area contributed by atoms with E-state index in [0.29, 0.717) is 0 Å². The second-order valence-electron chi connectivity index (χ2n) is 2.87. The maximum Gasteiger partial charge on any atom is 0.243 e. The molecule has 15 heavy (non-hydrogen) atoms. The fraction of sp³-hybridized carbons (Fsp3) is 0.143. The van der Waals surface area contributed by atoms with E-state index in [2.05, 4.69) is 25.1 Å². The molecule has 2 aromatic rings. The van der Waals surface area contributed by atoms with Crippen molar-refractivity contribution in [1.29, 1.82) is 0 Å². The Kier molecular flexibility index (Phi) is 2.52. The Bertz CT molecular complexity index is 502. The van der Waals surface area contributed by atoms with Gasteiger partial charge in [0, 0.05) is 24.5 Å². The van der Waals surface area contributed by atoms with E-state index >= 15 is 0 Å². The Morgan fingerprint density at radius 3 is 2.53 bits per heavy atom. The van der Waals surface area contributed by atoms with Crippen molar-refractivity contribution in [2.45, 2.75) is 11.4 Å². The molecule has 0 radical (unpaired) electrons. The van der Waals surface area contributed by atoms with Gasteiger partial charge < -0.3 is 0 Å². The quantitative estimate of drug-likeness (QED) is 0.661. The normalized spacial score (nSPS) is 11.7. The summed E-state index contributed by atoms with van der Waals surface area (Å²) in [6.07, 6.45) is 5.74. The molecule has 0 aliphatic rings. The Morgan fingerprint density at radius 2 is 1.93 bits per heavy atom. The Morgan fingerprint density at radius 1 is 1.20 bits per heavy atom. The van der Waals surface area contributed by atoms with E-state index in [0.717, 1.165) is 5.56 Å². The van der Waals surface area contributed by atoms with E-state index in [1.807, 2.05) is 0 Å². The van der Waals surface area contributed by atoms with E-state index in [1.54, 1.807) is 12.4 Å². The third-order valence-electron chi connectivity index (χ3n) is 1.80. The van der Waals surface area contributed by atoms with Crippen LogP contribution in [0.15, 0.2) is 29.7 Å². The van der Waals surface area contributed by atoms with Gasteiger partial charge in [0.15, 0.2) is 0 Å². The summed E-state index contributed by atoms with van der Waals surface area (Å²) in [4.78, 5) is 0.117. The molecule has 7 nitrogen and oxygen atoms in total. The number of nitrogens with one attached hydrogen (secondary N) is 3. The van der Waals surface area contributed by atoms with Crippen LogP contribution in [0.25, 0.3) is 0 Å². The van der Waals surface area contributed by atoms with Crippen molar-refractivity contribution >= 4 is 10.0 Å². The summed E-state index contributed by atoms with van der Waals surface area (Å²) in [5, 5.41) is 12.3. The predicted octanol–water partition coefficient (Wildman–Crippen LogP) is -0.389. The second-order valence-corrected chi connectivity index (χ2v) is 4.63. The maximum absolute atomic E-state index is 11.6. The molecule has 0 saturated heterocycles. The highest BCUT2D eigenvalue weighted by Crippen LogP contribution is 2.05. The fourth-order valence-corrected chi connectivity index (χ4v) is 1.94. The summed E-state index contributed by atoms with van der Waals surface area (Å²) in [6, 6.07) is 0. The molecule has 0 amide bonds. The number of aromatic amines is 2. The van der Waals surface area contributed by atoms with Crippen LogP contribution in [-0.2, 0) is 16.6 Å². The third-order valence-corrected chi connectivity index (χ3v) is 3.17. The molecule has 0 aliphatic heterocycles. The zero-order valence-electron chi connectivity index (χ0n) is 7.64. The lowest BCUT2D eigenvalue weighted by Crippen LogP contribution is -2.22. The Balaban J connectivity index is 2.06. The average Bonchev–Trinajstić information content (AvgIpc) is 2.88. The van der Waals surface area contributed by atoms with Gasteiger partial charge in [-0.3, -0.25) is 10.2 Å². The molecule has 0 aromatic carbocycles. The van der Waals surface area contributed by atoms with E-state index in [9.17, 15) is 8.42 Å². The van der Waals surface area contributed by atoms with E-state index in [4.69, 9.17) is 0 Å². The predicted molar refractivity (Wildman–Crippen MR) is 51.2 cm³/mol. The molecule has 2 rings (SSSR count). The molecule has 0 unspecified atom stereocenters. The first-order chi connectivity index (χ1) is 7.18. The van der Waals surface area contributed by atoms with Gasteiger partial charge in [0.1, 0.15) is 4.90 Å². The first kappa shape index (κ1) is 9.87.